The number of alkyl carbamates (subject to hydrolysis) is 1. The minimum atomic E-state index is -0.439. The molecule has 4 nitrogen and oxygen atoms in total. The van der Waals surface area contributed by atoms with Crippen LogP contribution in [0.1, 0.15) is 73.6 Å². The van der Waals surface area contributed by atoms with Gasteiger partial charge >= 0.3 is 6.09 Å². The molecule has 1 fully saturated rings. The highest BCUT2D eigenvalue weighted by Crippen LogP contribution is 2.37. The molecule has 0 heterocycles. The summed E-state index contributed by atoms with van der Waals surface area (Å²) in [6.07, 6.45) is 5.67. The summed E-state index contributed by atoms with van der Waals surface area (Å²) in [5, 5.41) is 6.66. The van der Waals surface area contributed by atoms with Crippen molar-refractivity contribution >= 4 is 6.09 Å². The highest BCUT2D eigenvalue weighted by molar-refractivity contribution is 5.67. The van der Waals surface area contributed by atoms with Gasteiger partial charge in [-0.05, 0) is 45.4 Å². The van der Waals surface area contributed by atoms with E-state index in [0.717, 1.165) is 12.8 Å². The molecule has 0 aromatic rings. The van der Waals surface area contributed by atoms with E-state index >= 15 is 0 Å². The van der Waals surface area contributed by atoms with Crippen molar-refractivity contribution in [2.75, 3.05) is 6.54 Å². The molecule has 0 bridgehead atoms. The van der Waals surface area contributed by atoms with Crippen molar-refractivity contribution in [1.29, 1.82) is 0 Å². The smallest absolute Gasteiger partial charge is 0.407 e. The van der Waals surface area contributed by atoms with Gasteiger partial charge in [0.25, 0.3) is 0 Å². The third-order valence-corrected chi connectivity index (χ3v) is 4.22. The summed E-state index contributed by atoms with van der Waals surface area (Å²) in [6.45, 7) is 13.1. The van der Waals surface area contributed by atoms with E-state index < -0.39 is 5.60 Å². The summed E-state index contributed by atoms with van der Waals surface area (Å²) in [5.41, 5.74) is -0.0802. The van der Waals surface area contributed by atoms with Gasteiger partial charge in [-0.1, -0.05) is 33.6 Å². The minimum absolute atomic E-state index is 0.323. The predicted octanol–water partition coefficient (Wildman–Crippen LogP) is 3.85. The molecule has 1 saturated carbocycles. The van der Waals surface area contributed by atoms with Crippen LogP contribution in [0.4, 0.5) is 4.79 Å². The summed E-state index contributed by atoms with van der Waals surface area (Å²) < 4.78 is 5.30. The second-order valence-corrected chi connectivity index (χ2v) is 7.97. The number of rotatable bonds is 6. The molecule has 0 radical (unpaired) electrons. The first-order valence-corrected chi connectivity index (χ1v) is 8.37. The lowest BCUT2D eigenvalue weighted by Gasteiger charge is -2.32. The quantitative estimate of drug-likeness (QED) is 0.783. The Morgan fingerprint density at radius 2 is 2.05 bits per heavy atom. The molecule has 0 aromatic carbocycles. The maximum atomic E-state index is 11.8. The van der Waals surface area contributed by atoms with Gasteiger partial charge in [0.2, 0.25) is 0 Å². The maximum absolute atomic E-state index is 11.8. The van der Waals surface area contributed by atoms with Gasteiger partial charge in [-0.3, -0.25) is 0 Å². The molecule has 1 aliphatic rings. The maximum Gasteiger partial charge on any atom is 0.407 e. The lowest BCUT2D eigenvalue weighted by Crippen LogP contribution is -2.49. The molecule has 2 unspecified atom stereocenters. The van der Waals surface area contributed by atoms with Crippen LogP contribution in [0.3, 0.4) is 0 Å². The van der Waals surface area contributed by atoms with Crippen molar-refractivity contribution in [2.45, 2.75) is 91.3 Å². The molecule has 2 atom stereocenters. The van der Waals surface area contributed by atoms with Gasteiger partial charge in [0, 0.05) is 18.6 Å². The average Bonchev–Trinajstić information content (AvgIpc) is 2.64. The van der Waals surface area contributed by atoms with Crippen molar-refractivity contribution in [3.05, 3.63) is 0 Å². The van der Waals surface area contributed by atoms with Gasteiger partial charge in [-0.25, -0.2) is 4.79 Å². The van der Waals surface area contributed by atoms with Crippen LogP contribution in [0, 0.1) is 5.41 Å². The molecular formula is C17H34N2O2. The van der Waals surface area contributed by atoms with Crippen molar-refractivity contribution < 1.29 is 9.53 Å². The Labute approximate surface area is 130 Å². The molecular weight excluding hydrogens is 264 g/mol. The van der Waals surface area contributed by atoms with E-state index in [0.29, 0.717) is 24.0 Å². The Balaban J connectivity index is 2.45. The van der Waals surface area contributed by atoms with Crippen LogP contribution < -0.4 is 10.6 Å². The normalized spacial score (nSPS) is 22.9. The molecule has 1 amide bonds. The number of carbonyl (C=O) groups excluding carboxylic acids is 1. The van der Waals surface area contributed by atoms with E-state index in [-0.39, 0.29) is 6.09 Å². The van der Waals surface area contributed by atoms with E-state index in [4.69, 9.17) is 4.74 Å². The molecule has 2 N–H and O–H groups in total. The topological polar surface area (TPSA) is 50.4 Å². The van der Waals surface area contributed by atoms with E-state index in [2.05, 4.69) is 31.4 Å². The molecule has 0 aromatic heterocycles. The fourth-order valence-corrected chi connectivity index (χ4v) is 3.03. The van der Waals surface area contributed by atoms with Crippen molar-refractivity contribution in [1.82, 2.24) is 10.6 Å². The molecule has 0 saturated heterocycles. The van der Waals surface area contributed by atoms with Crippen molar-refractivity contribution in [3.8, 4) is 0 Å². The molecule has 0 aliphatic heterocycles. The molecule has 4 heteroatoms. The van der Waals surface area contributed by atoms with Gasteiger partial charge in [0.05, 0.1) is 0 Å². The zero-order valence-corrected chi connectivity index (χ0v) is 14.7. The number of amides is 1. The Hall–Kier alpha value is -0.770. The van der Waals surface area contributed by atoms with E-state index in [1.165, 1.54) is 19.3 Å². The average molecular weight is 298 g/mol. The van der Waals surface area contributed by atoms with Crippen LogP contribution in [0.15, 0.2) is 0 Å². The zero-order chi connectivity index (χ0) is 16.1. The Morgan fingerprint density at radius 3 is 2.52 bits per heavy atom. The minimum Gasteiger partial charge on any atom is -0.444 e. The fourth-order valence-electron chi connectivity index (χ4n) is 3.03. The lowest BCUT2D eigenvalue weighted by molar-refractivity contribution is 0.0519. The first-order chi connectivity index (χ1) is 9.64. The highest BCUT2D eigenvalue weighted by Gasteiger charge is 2.35. The Morgan fingerprint density at radius 1 is 1.38 bits per heavy atom. The highest BCUT2D eigenvalue weighted by atomic mass is 16.6. The number of ether oxygens (including phenoxy) is 1. The third-order valence-electron chi connectivity index (χ3n) is 4.22. The predicted molar refractivity (Wildman–Crippen MR) is 87.5 cm³/mol. The first-order valence-electron chi connectivity index (χ1n) is 8.37. The second kappa shape index (κ2) is 7.48. The summed E-state index contributed by atoms with van der Waals surface area (Å²) >= 11 is 0. The van der Waals surface area contributed by atoms with Crippen molar-refractivity contribution in [2.24, 2.45) is 5.41 Å². The number of carbonyl (C=O) groups is 1. The Bertz CT molecular complexity index is 334. The molecule has 124 valence electrons. The monoisotopic (exact) mass is 298 g/mol. The van der Waals surface area contributed by atoms with Gasteiger partial charge in [0.15, 0.2) is 0 Å². The van der Waals surface area contributed by atoms with Crippen molar-refractivity contribution in [3.63, 3.8) is 0 Å². The van der Waals surface area contributed by atoms with Gasteiger partial charge in [-0.2, -0.15) is 0 Å². The second-order valence-electron chi connectivity index (χ2n) is 7.97. The summed E-state index contributed by atoms with van der Waals surface area (Å²) in [5.74, 6) is 0. The van der Waals surface area contributed by atoms with Crippen LogP contribution in [0.2, 0.25) is 0 Å². The summed E-state index contributed by atoms with van der Waals surface area (Å²) in [6, 6.07) is 0.874. The SMILES string of the molecule is CCCC(CNC(=O)OC(C)(C)C)NC1CCCC1(C)C. The standard InChI is InChI=1S/C17H34N2O2/c1-7-9-13(12-18-15(20)21-16(2,3)4)19-14-10-8-11-17(14,5)6/h13-14,19H,7-12H2,1-6H3,(H,18,20). The summed E-state index contributed by atoms with van der Waals surface area (Å²) in [4.78, 5) is 11.8. The van der Waals surface area contributed by atoms with Crippen LogP contribution in [0.25, 0.3) is 0 Å². The van der Waals surface area contributed by atoms with Crippen LogP contribution in [0.5, 0.6) is 0 Å². The van der Waals surface area contributed by atoms with Crippen LogP contribution in [-0.4, -0.2) is 30.3 Å². The molecule has 21 heavy (non-hydrogen) atoms. The Kier molecular flexibility index (Phi) is 6.51. The third kappa shape index (κ3) is 6.68. The van der Waals surface area contributed by atoms with Crippen LogP contribution >= 0.6 is 0 Å². The molecule has 1 aliphatic carbocycles. The van der Waals surface area contributed by atoms with E-state index in [1.54, 1.807) is 0 Å². The van der Waals surface area contributed by atoms with Gasteiger partial charge < -0.3 is 15.4 Å². The molecule has 0 spiro atoms. The fraction of sp³-hybridized carbons (Fsp3) is 0.941. The zero-order valence-electron chi connectivity index (χ0n) is 14.7. The van der Waals surface area contributed by atoms with Gasteiger partial charge in [0.1, 0.15) is 5.60 Å². The van der Waals surface area contributed by atoms with Crippen LogP contribution in [-0.2, 0) is 4.74 Å². The van der Waals surface area contributed by atoms with Gasteiger partial charge in [-0.15, -0.1) is 0 Å². The number of nitrogens with one attached hydrogen (secondary N) is 2. The lowest BCUT2D eigenvalue weighted by atomic mass is 9.87. The van der Waals surface area contributed by atoms with E-state index in [1.807, 2.05) is 20.8 Å². The van der Waals surface area contributed by atoms with E-state index in [9.17, 15) is 4.79 Å². The largest absolute Gasteiger partial charge is 0.444 e. The first kappa shape index (κ1) is 18.3. The molecule has 1 rings (SSSR count). The summed E-state index contributed by atoms with van der Waals surface area (Å²) in [7, 11) is 0. The number of hydrogen-bond acceptors (Lipinski definition) is 3. The number of hydrogen-bond donors (Lipinski definition) is 2.